The Morgan fingerprint density at radius 1 is 0.950 bits per heavy atom. The topological polar surface area (TPSA) is 127 Å². The maximum Gasteiger partial charge on any atom is 0.325 e. The van der Waals surface area contributed by atoms with Gasteiger partial charge in [0.15, 0.2) is 0 Å². The molecule has 3 atom stereocenters. The van der Waals surface area contributed by atoms with Gasteiger partial charge in [-0.15, -0.1) is 0 Å². The number of hydrogen-bond donors (Lipinski definition) is 2. The molecule has 0 aliphatic carbocycles. The number of methoxy groups -OCH3 is 1. The first kappa shape index (κ1) is 29.0. The highest BCUT2D eigenvalue weighted by Gasteiger charge is 2.24. The van der Waals surface area contributed by atoms with E-state index in [-0.39, 0.29) is 12.5 Å². The summed E-state index contributed by atoms with van der Waals surface area (Å²) in [6, 6.07) is 17.5. The van der Waals surface area contributed by atoms with Crippen molar-refractivity contribution in [2.24, 2.45) is 0 Å². The van der Waals surface area contributed by atoms with Crippen molar-refractivity contribution < 1.29 is 33.7 Å². The fourth-order valence-corrected chi connectivity index (χ4v) is 4.40. The second-order valence-corrected chi connectivity index (χ2v) is 9.52. The first-order chi connectivity index (χ1) is 19.3. The molecule has 0 saturated carbocycles. The SMILES string of the molecule is COc1ccc(-c2c(-c3ccccc3)oc3ncnc(OC(C)CCCCC(=O)ON(C(C)O)C(C)O)c23)cc1. The number of aliphatic hydroxyl groups is 2. The van der Waals surface area contributed by atoms with Gasteiger partial charge in [-0.25, -0.2) is 9.97 Å². The summed E-state index contributed by atoms with van der Waals surface area (Å²) in [6.45, 7) is 4.76. The summed E-state index contributed by atoms with van der Waals surface area (Å²) in [5, 5.41) is 20.8. The molecule has 3 unspecified atom stereocenters. The Bertz CT molecular complexity index is 1380. The van der Waals surface area contributed by atoms with E-state index in [2.05, 4.69) is 9.97 Å². The predicted octanol–water partition coefficient (Wildman–Crippen LogP) is 5.33. The average Bonchev–Trinajstić information content (AvgIpc) is 3.35. The first-order valence-electron chi connectivity index (χ1n) is 13.3. The minimum atomic E-state index is -1.12. The Morgan fingerprint density at radius 3 is 2.30 bits per heavy atom. The molecule has 2 heterocycles. The Morgan fingerprint density at radius 2 is 1.65 bits per heavy atom. The fourth-order valence-electron chi connectivity index (χ4n) is 4.40. The molecule has 10 nitrogen and oxygen atoms in total. The number of furan rings is 1. The highest BCUT2D eigenvalue weighted by molar-refractivity contribution is 6.03. The lowest BCUT2D eigenvalue weighted by molar-refractivity contribution is -0.276. The van der Waals surface area contributed by atoms with Gasteiger partial charge in [0.2, 0.25) is 11.6 Å². The largest absolute Gasteiger partial charge is 0.497 e. The van der Waals surface area contributed by atoms with Gasteiger partial charge in [0.25, 0.3) is 0 Å². The summed E-state index contributed by atoms with van der Waals surface area (Å²) in [6.07, 6.45) is 1.04. The molecule has 212 valence electrons. The molecule has 0 aliphatic heterocycles. The molecule has 0 amide bonds. The van der Waals surface area contributed by atoms with E-state index >= 15 is 0 Å². The standard InChI is InChI=1S/C30H35N3O7/c1-19(10-8-9-13-25(36)40-33(20(2)34)21(3)35)38-29-27-26(22-14-16-24(37-4)17-15-22)28(23-11-6-5-7-12-23)39-30(27)32-18-31-29/h5-7,11-12,14-21,34-35H,8-10,13H2,1-4H3. The predicted molar refractivity (Wildman–Crippen MR) is 149 cm³/mol. The molecule has 2 N–H and O–H groups in total. The van der Waals surface area contributed by atoms with E-state index in [0.29, 0.717) is 42.0 Å². The first-order valence-corrected chi connectivity index (χ1v) is 13.3. The van der Waals surface area contributed by atoms with Crippen LogP contribution >= 0.6 is 0 Å². The van der Waals surface area contributed by atoms with Crippen LogP contribution in [-0.2, 0) is 9.63 Å². The zero-order chi connectivity index (χ0) is 28.6. The zero-order valence-electron chi connectivity index (χ0n) is 23.1. The molecule has 2 aromatic carbocycles. The minimum absolute atomic E-state index is 0.143. The van der Waals surface area contributed by atoms with Crippen LogP contribution in [0.2, 0.25) is 0 Å². The van der Waals surface area contributed by atoms with E-state index in [1.54, 1.807) is 7.11 Å². The molecule has 0 aliphatic rings. The zero-order valence-corrected chi connectivity index (χ0v) is 23.1. The number of carbonyl (C=O) groups is 1. The molecular formula is C30H35N3O7. The number of aliphatic hydroxyl groups excluding tert-OH is 2. The Hall–Kier alpha value is -3.99. The van der Waals surface area contributed by atoms with Crippen molar-refractivity contribution in [3.05, 3.63) is 60.9 Å². The molecule has 0 spiro atoms. The summed E-state index contributed by atoms with van der Waals surface area (Å²) < 4.78 is 17.9. The molecule has 40 heavy (non-hydrogen) atoms. The number of rotatable bonds is 13. The number of ether oxygens (including phenoxy) is 2. The van der Waals surface area contributed by atoms with Crippen LogP contribution in [0.3, 0.4) is 0 Å². The molecule has 2 aromatic heterocycles. The Kier molecular flexibility index (Phi) is 9.70. The lowest BCUT2D eigenvalue weighted by atomic mass is 9.99. The lowest BCUT2D eigenvalue weighted by Crippen LogP contribution is -2.41. The molecule has 4 rings (SSSR count). The highest BCUT2D eigenvalue weighted by Crippen LogP contribution is 2.43. The monoisotopic (exact) mass is 549 g/mol. The number of hydroxylamine groups is 2. The van der Waals surface area contributed by atoms with Crippen molar-refractivity contribution in [3.63, 3.8) is 0 Å². The summed E-state index contributed by atoms with van der Waals surface area (Å²) >= 11 is 0. The summed E-state index contributed by atoms with van der Waals surface area (Å²) in [5.74, 6) is 1.30. The average molecular weight is 550 g/mol. The van der Waals surface area contributed by atoms with Gasteiger partial charge in [0.05, 0.1) is 13.2 Å². The van der Waals surface area contributed by atoms with Crippen LogP contribution < -0.4 is 9.47 Å². The van der Waals surface area contributed by atoms with E-state index < -0.39 is 18.4 Å². The van der Waals surface area contributed by atoms with Crippen molar-refractivity contribution in [3.8, 4) is 34.1 Å². The fraction of sp³-hybridized carbons (Fsp3) is 0.367. The number of aromatic nitrogens is 2. The van der Waals surface area contributed by atoms with Crippen molar-refractivity contribution >= 4 is 17.1 Å². The minimum Gasteiger partial charge on any atom is -0.497 e. The number of nitrogens with zero attached hydrogens (tertiary/aromatic N) is 3. The van der Waals surface area contributed by atoms with Crippen LogP contribution in [0.1, 0.15) is 46.5 Å². The molecular weight excluding hydrogens is 514 g/mol. The number of fused-ring (bicyclic) bond motifs is 1. The number of carbonyl (C=O) groups excluding carboxylic acids is 1. The van der Waals surface area contributed by atoms with Crippen molar-refractivity contribution in [2.45, 2.75) is 65.0 Å². The van der Waals surface area contributed by atoms with E-state index in [1.165, 1.54) is 20.2 Å². The van der Waals surface area contributed by atoms with Crippen LogP contribution in [-0.4, -0.2) is 56.9 Å². The van der Waals surface area contributed by atoms with Gasteiger partial charge in [0, 0.05) is 17.5 Å². The second-order valence-electron chi connectivity index (χ2n) is 9.52. The molecule has 0 radical (unpaired) electrons. The quantitative estimate of drug-likeness (QED) is 0.128. The normalized spacial score (nSPS) is 13.7. The van der Waals surface area contributed by atoms with E-state index in [4.69, 9.17) is 18.7 Å². The van der Waals surface area contributed by atoms with Gasteiger partial charge in [-0.05, 0) is 57.7 Å². The van der Waals surface area contributed by atoms with Crippen molar-refractivity contribution in [1.29, 1.82) is 0 Å². The third-order valence-electron chi connectivity index (χ3n) is 6.37. The lowest BCUT2D eigenvalue weighted by Gasteiger charge is -2.26. The smallest absolute Gasteiger partial charge is 0.325 e. The molecule has 0 bridgehead atoms. The van der Waals surface area contributed by atoms with Crippen LogP contribution in [0.5, 0.6) is 11.6 Å². The third kappa shape index (κ3) is 6.95. The van der Waals surface area contributed by atoms with E-state index in [1.807, 2.05) is 61.5 Å². The summed E-state index contributed by atoms with van der Waals surface area (Å²) in [7, 11) is 1.63. The molecule has 0 saturated heterocycles. The summed E-state index contributed by atoms with van der Waals surface area (Å²) in [4.78, 5) is 26.0. The summed E-state index contributed by atoms with van der Waals surface area (Å²) in [5.41, 5.74) is 3.06. The molecule has 10 heteroatoms. The Labute approximate surface area is 233 Å². The van der Waals surface area contributed by atoms with Crippen LogP contribution in [0.25, 0.3) is 33.6 Å². The number of hydrogen-bond acceptors (Lipinski definition) is 10. The van der Waals surface area contributed by atoms with Gasteiger partial charge >= 0.3 is 5.97 Å². The second kappa shape index (κ2) is 13.4. The maximum atomic E-state index is 12.1. The van der Waals surface area contributed by atoms with Gasteiger partial charge in [-0.3, -0.25) is 4.79 Å². The van der Waals surface area contributed by atoms with Gasteiger partial charge in [-0.2, -0.15) is 0 Å². The van der Waals surface area contributed by atoms with Gasteiger partial charge in [-0.1, -0.05) is 47.5 Å². The van der Waals surface area contributed by atoms with E-state index in [0.717, 1.165) is 27.5 Å². The van der Waals surface area contributed by atoms with Crippen LogP contribution in [0, 0.1) is 0 Å². The number of benzene rings is 2. The van der Waals surface area contributed by atoms with Crippen molar-refractivity contribution in [1.82, 2.24) is 15.0 Å². The molecule has 4 aromatic rings. The van der Waals surface area contributed by atoms with Crippen molar-refractivity contribution in [2.75, 3.05) is 7.11 Å². The Balaban J connectivity index is 1.50. The van der Waals surface area contributed by atoms with Crippen LogP contribution in [0.4, 0.5) is 0 Å². The third-order valence-corrected chi connectivity index (χ3v) is 6.37. The highest BCUT2D eigenvalue weighted by atomic mass is 16.7. The van der Waals surface area contributed by atoms with Gasteiger partial charge < -0.3 is 28.9 Å². The van der Waals surface area contributed by atoms with Crippen LogP contribution in [0.15, 0.2) is 65.3 Å². The van der Waals surface area contributed by atoms with Gasteiger partial charge in [0.1, 0.15) is 35.7 Å². The maximum absolute atomic E-state index is 12.1. The number of unbranched alkanes of at least 4 members (excludes halogenated alkanes) is 1. The van der Waals surface area contributed by atoms with E-state index in [9.17, 15) is 15.0 Å². The molecule has 0 fully saturated rings.